The van der Waals surface area contributed by atoms with Gasteiger partial charge in [-0.1, -0.05) is 29.8 Å². The van der Waals surface area contributed by atoms with Gasteiger partial charge in [-0.05, 0) is 49.6 Å². The van der Waals surface area contributed by atoms with Crippen LogP contribution in [0.5, 0.6) is 5.75 Å². The third kappa shape index (κ3) is 4.84. The van der Waals surface area contributed by atoms with Crippen molar-refractivity contribution in [3.05, 3.63) is 58.7 Å². The second-order valence-corrected chi connectivity index (χ2v) is 5.83. The van der Waals surface area contributed by atoms with Crippen LogP contribution in [0.3, 0.4) is 0 Å². The summed E-state index contributed by atoms with van der Waals surface area (Å²) in [6, 6.07) is 10.7. The number of benzene rings is 2. The molecule has 0 aliphatic heterocycles. The van der Waals surface area contributed by atoms with E-state index in [4.69, 9.17) is 9.84 Å². The predicted molar refractivity (Wildman–Crippen MR) is 92.6 cm³/mol. The molecule has 2 N–H and O–H groups in total. The first-order chi connectivity index (χ1) is 11.3. The van der Waals surface area contributed by atoms with Crippen molar-refractivity contribution in [2.45, 2.75) is 27.2 Å². The second kappa shape index (κ2) is 7.64. The molecule has 2 rings (SSSR count). The van der Waals surface area contributed by atoms with Gasteiger partial charge in [-0.2, -0.15) is 0 Å². The fourth-order valence-corrected chi connectivity index (χ4v) is 2.61. The highest BCUT2D eigenvalue weighted by Crippen LogP contribution is 2.24. The topological polar surface area (TPSA) is 75.6 Å². The van der Waals surface area contributed by atoms with Crippen molar-refractivity contribution >= 4 is 17.6 Å². The van der Waals surface area contributed by atoms with Crippen molar-refractivity contribution < 1.29 is 19.4 Å². The van der Waals surface area contributed by atoms with Crippen LogP contribution in [0.4, 0.5) is 5.69 Å². The monoisotopic (exact) mass is 327 g/mol. The normalized spacial score (nSPS) is 10.3. The Morgan fingerprint density at radius 1 is 1.04 bits per heavy atom. The Balaban J connectivity index is 1.93. The molecule has 0 spiro atoms. The van der Waals surface area contributed by atoms with E-state index in [9.17, 15) is 9.59 Å². The predicted octanol–water partition coefficient (Wildman–Crippen LogP) is 3.26. The van der Waals surface area contributed by atoms with Crippen LogP contribution < -0.4 is 10.1 Å². The molecular weight excluding hydrogens is 306 g/mol. The third-order valence-electron chi connectivity index (χ3n) is 3.55. The van der Waals surface area contributed by atoms with E-state index >= 15 is 0 Å². The number of carboxylic acid groups (broad SMARTS) is 1. The summed E-state index contributed by atoms with van der Waals surface area (Å²) in [4.78, 5) is 22.6. The number of carboxylic acids is 1. The SMILES string of the molecule is Cc1cc(C)c(OCC(=O)Nc2ccc(CC(=O)O)cc2)c(C)c1. The fourth-order valence-electron chi connectivity index (χ4n) is 2.61. The van der Waals surface area contributed by atoms with Gasteiger partial charge in [-0.3, -0.25) is 9.59 Å². The first kappa shape index (κ1) is 17.5. The van der Waals surface area contributed by atoms with Gasteiger partial charge in [0.25, 0.3) is 5.91 Å². The number of carbonyl (C=O) groups excluding carboxylic acids is 1. The lowest BCUT2D eigenvalue weighted by Gasteiger charge is -2.13. The molecule has 0 unspecified atom stereocenters. The quantitative estimate of drug-likeness (QED) is 0.854. The van der Waals surface area contributed by atoms with Gasteiger partial charge in [-0.25, -0.2) is 0 Å². The highest BCUT2D eigenvalue weighted by molar-refractivity contribution is 5.92. The minimum Gasteiger partial charge on any atom is -0.483 e. The Kier molecular flexibility index (Phi) is 5.58. The summed E-state index contributed by atoms with van der Waals surface area (Å²) < 4.78 is 5.64. The number of aryl methyl sites for hydroxylation is 3. The van der Waals surface area contributed by atoms with Crippen LogP contribution in [-0.4, -0.2) is 23.6 Å². The zero-order valence-corrected chi connectivity index (χ0v) is 14.1. The number of aliphatic carboxylic acids is 1. The first-order valence-corrected chi connectivity index (χ1v) is 7.66. The van der Waals surface area contributed by atoms with E-state index < -0.39 is 5.97 Å². The minimum absolute atomic E-state index is 0.0384. The molecule has 5 nitrogen and oxygen atoms in total. The van der Waals surface area contributed by atoms with Gasteiger partial charge in [-0.15, -0.1) is 0 Å². The van der Waals surface area contributed by atoms with E-state index in [1.54, 1.807) is 24.3 Å². The molecule has 126 valence electrons. The molecule has 0 aliphatic carbocycles. The van der Waals surface area contributed by atoms with Crippen molar-refractivity contribution in [1.29, 1.82) is 0 Å². The third-order valence-corrected chi connectivity index (χ3v) is 3.55. The number of rotatable bonds is 6. The second-order valence-electron chi connectivity index (χ2n) is 5.83. The number of nitrogens with one attached hydrogen (secondary N) is 1. The highest BCUT2D eigenvalue weighted by atomic mass is 16.5. The van der Waals surface area contributed by atoms with Crippen LogP contribution in [0.2, 0.25) is 0 Å². The molecule has 0 atom stereocenters. The van der Waals surface area contributed by atoms with Gasteiger partial charge >= 0.3 is 5.97 Å². The molecule has 2 aromatic rings. The Labute approximate surface area is 141 Å². The Morgan fingerprint density at radius 2 is 1.62 bits per heavy atom. The summed E-state index contributed by atoms with van der Waals surface area (Å²) in [6.07, 6.45) is -0.0384. The highest BCUT2D eigenvalue weighted by Gasteiger charge is 2.09. The molecule has 0 aromatic heterocycles. The lowest BCUT2D eigenvalue weighted by atomic mass is 10.1. The van der Waals surface area contributed by atoms with E-state index in [1.165, 1.54) is 0 Å². The molecule has 0 saturated carbocycles. The Morgan fingerprint density at radius 3 is 2.17 bits per heavy atom. The molecule has 0 aliphatic rings. The summed E-state index contributed by atoms with van der Waals surface area (Å²) in [5.41, 5.74) is 4.44. The van der Waals surface area contributed by atoms with Crippen molar-refractivity contribution in [3.8, 4) is 5.75 Å². The molecule has 24 heavy (non-hydrogen) atoms. The maximum atomic E-state index is 12.0. The van der Waals surface area contributed by atoms with Gasteiger partial charge in [0.2, 0.25) is 0 Å². The van der Waals surface area contributed by atoms with E-state index in [1.807, 2.05) is 32.9 Å². The molecule has 1 amide bonds. The molecule has 0 saturated heterocycles. The lowest BCUT2D eigenvalue weighted by molar-refractivity contribution is -0.136. The standard InChI is InChI=1S/C19H21NO4/c1-12-8-13(2)19(14(3)9-12)24-11-17(21)20-16-6-4-15(5-7-16)10-18(22)23/h4-9H,10-11H2,1-3H3,(H,20,21)(H,22,23). The number of hydrogen-bond acceptors (Lipinski definition) is 3. The maximum Gasteiger partial charge on any atom is 0.307 e. The lowest BCUT2D eigenvalue weighted by Crippen LogP contribution is -2.20. The summed E-state index contributed by atoms with van der Waals surface area (Å²) in [7, 11) is 0. The van der Waals surface area contributed by atoms with Crippen LogP contribution >= 0.6 is 0 Å². The van der Waals surface area contributed by atoms with Crippen LogP contribution in [0.25, 0.3) is 0 Å². The van der Waals surface area contributed by atoms with E-state index in [0.29, 0.717) is 11.3 Å². The van der Waals surface area contributed by atoms with Gasteiger partial charge in [0.1, 0.15) is 5.75 Å². The fraction of sp³-hybridized carbons (Fsp3) is 0.263. The average molecular weight is 327 g/mol. The maximum absolute atomic E-state index is 12.0. The van der Waals surface area contributed by atoms with Crippen LogP contribution in [-0.2, 0) is 16.0 Å². The number of hydrogen-bond donors (Lipinski definition) is 2. The van der Waals surface area contributed by atoms with Gasteiger partial charge < -0.3 is 15.2 Å². The van der Waals surface area contributed by atoms with Gasteiger partial charge in [0.05, 0.1) is 6.42 Å². The average Bonchev–Trinajstić information content (AvgIpc) is 2.47. The van der Waals surface area contributed by atoms with Crippen LogP contribution in [0, 0.1) is 20.8 Å². The van der Waals surface area contributed by atoms with E-state index in [0.717, 1.165) is 22.4 Å². The van der Waals surface area contributed by atoms with Gasteiger partial charge in [0.15, 0.2) is 6.61 Å². The molecule has 0 heterocycles. The summed E-state index contributed by atoms with van der Waals surface area (Å²) in [5.74, 6) is -0.420. The Hall–Kier alpha value is -2.82. The zero-order chi connectivity index (χ0) is 17.7. The number of amides is 1. The van der Waals surface area contributed by atoms with Crippen molar-refractivity contribution in [2.24, 2.45) is 0 Å². The number of carbonyl (C=O) groups is 2. The van der Waals surface area contributed by atoms with Crippen LogP contribution in [0.1, 0.15) is 22.3 Å². The summed E-state index contributed by atoms with van der Waals surface area (Å²) >= 11 is 0. The van der Waals surface area contributed by atoms with E-state index in [2.05, 4.69) is 5.32 Å². The van der Waals surface area contributed by atoms with Crippen molar-refractivity contribution in [1.82, 2.24) is 0 Å². The summed E-state index contributed by atoms with van der Waals surface area (Å²) in [5, 5.41) is 11.5. The van der Waals surface area contributed by atoms with Crippen molar-refractivity contribution in [2.75, 3.05) is 11.9 Å². The van der Waals surface area contributed by atoms with Gasteiger partial charge in [0, 0.05) is 5.69 Å². The number of anilines is 1. The largest absolute Gasteiger partial charge is 0.483 e. The molecule has 5 heteroatoms. The minimum atomic E-state index is -0.885. The smallest absolute Gasteiger partial charge is 0.307 e. The zero-order valence-electron chi connectivity index (χ0n) is 14.1. The van der Waals surface area contributed by atoms with Crippen molar-refractivity contribution in [3.63, 3.8) is 0 Å². The molecular formula is C19H21NO4. The first-order valence-electron chi connectivity index (χ1n) is 7.66. The Bertz CT molecular complexity index is 727. The summed E-state index contributed by atoms with van der Waals surface area (Å²) in [6.45, 7) is 5.84. The van der Waals surface area contributed by atoms with Crippen LogP contribution in [0.15, 0.2) is 36.4 Å². The molecule has 0 radical (unpaired) electrons. The van der Waals surface area contributed by atoms with E-state index in [-0.39, 0.29) is 18.9 Å². The number of ether oxygens (including phenoxy) is 1. The molecule has 2 aromatic carbocycles. The molecule has 0 fully saturated rings. The molecule has 0 bridgehead atoms.